The number of hydrogen-bond donors (Lipinski definition) is 0. The van der Waals surface area contributed by atoms with Crippen LogP contribution in [0.2, 0.25) is 0 Å². The molecule has 1 aliphatic heterocycles. The maximum atomic E-state index is 6.34. The quantitative estimate of drug-likeness (QED) is 0.572. The standard InChI is InChI=1S/C17H36O4P2/c1-5-13(3)7-15-8-16(14(4)6-2)19-10-17(9-18-15,11-20-22)12-21-23/h13-16H,5-12,22-23H2,1-4H3. The predicted molar refractivity (Wildman–Crippen MR) is 101 cm³/mol. The molecular weight excluding hydrogens is 330 g/mol. The Morgan fingerprint density at radius 1 is 1.04 bits per heavy atom. The van der Waals surface area contributed by atoms with Crippen molar-refractivity contribution >= 4 is 18.9 Å². The van der Waals surface area contributed by atoms with Gasteiger partial charge in [0, 0.05) is 25.4 Å². The van der Waals surface area contributed by atoms with Crippen LogP contribution in [0, 0.1) is 17.3 Å². The molecule has 0 N–H and O–H groups in total. The van der Waals surface area contributed by atoms with Crippen LogP contribution < -0.4 is 0 Å². The molecule has 4 nitrogen and oxygen atoms in total. The van der Waals surface area contributed by atoms with Crippen molar-refractivity contribution in [2.24, 2.45) is 17.3 Å². The largest absolute Gasteiger partial charge is 0.377 e. The van der Waals surface area contributed by atoms with Crippen molar-refractivity contribution < 1.29 is 18.5 Å². The minimum Gasteiger partial charge on any atom is -0.377 e. The number of ether oxygens (including phenoxy) is 2. The normalized spacial score (nSPS) is 27.9. The molecule has 0 radical (unpaired) electrons. The summed E-state index contributed by atoms with van der Waals surface area (Å²) in [6.45, 7) is 11.4. The van der Waals surface area contributed by atoms with Crippen LogP contribution in [0.5, 0.6) is 0 Å². The molecule has 1 saturated heterocycles. The fourth-order valence-electron chi connectivity index (χ4n) is 3.02. The molecule has 6 atom stereocenters. The minimum atomic E-state index is -0.247. The van der Waals surface area contributed by atoms with Crippen LogP contribution in [0.25, 0.3) is 0 Å². The van der Waals surface area contributed by atoms with Crippen molar-refractivity contribution in [1.29, 1.82) is 0 Å². The van der Waals surface area contributed by atoms with E-state index in [1.54, 1.807) is 0 Å². The van der Waals surface area contributed by atoms with Gasteiger partial charge >= 0.3 is 0 Å². The lowest BCUT2D eigenvalue weighted by Gasteiger charge is -2.40. The fraction of sp³-hybridized carbons (Fsp3) is 1.00. The third-order valence-corrected chi connectivity index (χ3v) is 5.48. The first kappa shape index (κ1) is 21.7. The van der Waals surface area contributed by atoms with Gasteiger partial charge in [0.25, 0.3) is 0 Å². The summed E-state index contributed by atoms with van der Waals surface area (Å²) in [7, 11) is 4.66. The van der Waals surface area contributed by atoms with E-state index >= 15 is 0 Å². The summed E-state index contributed by atoms with van der Waals surface area (Å²) in [5.41, 5.74) is -0.247. The Morgan fingerprint density at radius 3 is 2.17 bits per heavy atom. The van der Waals surface area contributed by atoms with Gasteiger partial charge in [0.05, 0.1) is 44.1 Å². The van der Waals surface area contributed by atoms with E-state index in [-0.39, 0.29) is 17.6 Å². The summed E-state index contributed by atoms with van der Waals surface area (Å²) in [5, 5.41) is 0. The van der Waals surface area contributed by atoms with E-state index in [0.717, 1.165) is 19.3 Å². The molecule has 1 rings (SSSR count). The molecule has 0 aliphatic carbocycles. The van der Waals surface area contributed by atoms with Crippen molar-refractivity contribution in [2.75, 3.05) is 26.4 Å². The van der Waals surface area contributed by atoms with Gasteiger partial charge in [-0.05, 0) is 18.3 Å². The van der Waals surface area contributed by atoms with Gasteiger partial charge in [0.15, 0.2) is 0 Å². The monoisotopic (exact) mass is 366 g/mol. The first-order chi connectivity index (χ1) is 11.0. The van der Waals surface area contributed by atoms with Crippen molar-refractivity contribution in [2.45, 2.75) is 65.6 Å². The van der Waals surface area contributed by atoms with Crippen molar-refractivity contribution in [3.8, 4) is 0 Å². The number of hydrogen-bond acceptors (Lipinski definition) is 4. The molecule has 138 valence electrons. The van der Waals surface area contributed by atoms with Gasteiger partial charge in [-0.25, -0.2) is 0 Å². The molecule has 23 heavy (non-hydrogen) atoms. The second-order valence-corrected chi connectivity index (χ2v) is 7.94. The van der Waals surface area contributed by atoms with Crippen molar-refractivity contribution in [3.63, 3.8) is 0 Å². The Kier molecular flexibility index (Phi) is 10.7. The zero-order valence-corrected chi connectivity index (χ0v) is 17.6. The minimum absolute atomic E-state index is 0.239. The fourth-order valence-corrected chi connectivity index (χ4v) is 3.72. The average molecular weight is 366 g/mol. The maximum absolute atomic E-state index is 6.34. The lowest BCUT2D eigenvalue weighted by atomic mass is 9.88. The molecule has 0 saturated carbocycles. The van der Waals surface area contributed by atoms with Gasteiger partial charge in [-0.3, -0.25) is 0 Å². The molecule has 1 aliphatic rings. The van der Waals surface area contributed by atoms with E-state index < -0.39 is 0 Å². The molecular formula is C17H36O4P2. The first-order valence-corrected chi connectivity index (χ1v) is 9.81. The summed E-state index contributed by atoms with van der Waals surface area (Å²) in [6, 6.07) is 0. The lowest BCUT2D eigenvalue weighted by molar-refractivity contribution is -0.149. The van der Waals surface area contributed by atoms with Crippen molar-refractivity contribution in [1.82, 2.24) is 0 Å². The molecule has 0 aromatic heterocycles. The van der Waals surface area contributed by atoms with E-state index in [4.69, 9.17) is 18.5 Å². The zero-order valence-electron chi connectivity index (χ0n) is 15.3. The van der Waals surface area contributed by atoms with E-state index in [1.807, 2.05) is 0 Å². The van der Waals surface area contributed by atoms with Crippen LogP contribution in [0.4, 0.5) is 0 Å². The van der Waals surface area contributed by atoms with Crippen LogP contribution in [-0.2, 0) is 18.5 Å². The third kappa shape index (κ3) is 7.22. The van der Waals surface area contributed by atoms with E-state index in [9.17, 15) is 0 Å². The van der Waals surface area contributed by atoms with Gasteiger partial charge in [-0.2, -0.15) is 0 Å². The smallest absolute Gasteiger partial charge is 0.0644 e. The summed E-state index contributed by atoms with van der Waals surface area (Å²) in [5.74, 6) is 1.20. The van der Waals surface area contributed by atoms with Crippen LogP contribution in [0.15, 0.2) is 0 Å². The summed E-state index contributed by atoms with van der Waals surface area (Å²) in [4.78, 5) is 0. The highest BCUT2D eigenvalue weighted by Gasteiger charge is 2.37. The van der Waals surface area contributed by atoms with Crippen LogP contribution in [0.3, 0.4) is 0 Å². The third-order valence-electron chi connectivity index (χ3n) is 5.14. The van der Waals surface area contributed by atoms with E-state index in [2.05, 4.69) is 46.6 Å². The molecule has 1 heterocycles. The summed E-state index contributed by atoms with van der Waals surface area (Å²) >= 11 is 0. The topological polar surface area (TPSA) is 36.9 Å². The summed E-state index contributed by atoms with van der Waals surface area (Å²) < 4.78 is 23.4. The molecule has 6 unspecified atom stereocenters. The first-order valence-electron chi connectivity index (χ1n) is 8.86. The second kappa shape index (κ2) is 11.3. The van der Waals surface area contributed by atoms with Gasteiger partial charge in [-0.1, -0.05) is 40.5 Å². The molecule has 0 aromatic rings. The summed E-state index contributed by atoms with van der Waals surface area (Å²) in [6.07, 6.45) is 4.86. The molecule has 0 spiro atoms. The van der Waals surface area contributed by atoms with Crippen LogP contribution in [-0.4, -0.2) is 38.6 Å². The predicted octanol–water partition coefficient (Wildman–Crippen LogP) is 4.24. The highest BCUT2D eigenvalue weighted by molar-refractivity contribution is 7.10. The highest BCUT2D eigenvalue weighted by atomic mass is 31.0. The van der Waals surface area contributed by atoms with Gasteiger partial charge < -0.3 is 18.5 Å². The van der Waals surface area contributed by atoms with E-state index in [1.165, 1.54) is 6.42 Å². The SMILES string of the molecule is CCC(C)CC1CC(C(C)CC)OCC(COP)(COP)CO1. The van der Waals surface area contributed by atoms with Crippen LogP contribution in [0.1, 0.15) is 53.4 Å². The Labute approximate surface area is 147 Å². The zero-order chi connectivity index (χ0) is 17.3. The maximum Gasteiger partial charge on any atom is 0.0644 e. The average Bonchev–Trinajstić information content (AvgIpc) is 2.53. The molecule has 1 fully saturated rings. The van der Waals surface area contributed by atoms with Crippen LogP contribution >= 0.6 is 18.9 Å². The Balaban J connectivity index is 2.86. The molecule has 0 bridgehead atoms. The molecule has 0 amide bonds. The van der Waals surface area contributed by atoms with Gasteiger partial charge in [-0.15, -0.1) is 0 Å². The lowest BCUT2D eigenvalue weighted by Crippen LogP contribution is -2.46. The number of rotatable bonds is 9. The molecule has 6 heteroatoms. The Bertz CT molecular complexity index is 311. The van der Waals surface area contributed by atoms with Gasteiger partial charge in [0.2, 0.25) is 0 Å². The Hall–Kier alpha value is 0.700. The molecule has 0 aromatic carbocycles. The Morgan fingerprint density at radius 2 is 1.65 bits per heavy atom. The highest BCUT2D eigenvalue weighted by Crippen LogP contribution is 2.31. The van der Waals surface area contributed by atoms with Gasteiger partial charge in [0.1, 0.15) is 0 Å². The van der Waals surface area contributed by atoms with E-state index in [0.29, 0.717) is 38.3 Å². The second-order valence-electron chi connectivity index (χ2n) is 7.27. The van der Waals surface area contributed by atoms with Crippen molar-refractivity contribution in [3.05, 3.63) is 0 Å².